The molecule has 0 aliphatic carbocycles. The predicted molar refractivity (Wildman–Crippen MR) is 98.4 cm³/mol. The highest BCUT2D eigenvalue weighted by atomic mass is 79.9. The first kappa shape index (κ1) is 16.7. The fourth-order valence-corrected chi connectivity index (χ4v) is 2.79. The molecule has 1 amide bonds. The largest absolute Gasteiger partial charge is 0.451 e. The summed E-state index contributed by atoms with van der Waals surface area (Å²) in [6, 6.07) is 13.3. The smallest absolute Gasteiger partial charge is 0.291 e. The van der Waals surface area contributed by atoms with Crippen molar-refractivity contribution in [3.63, 3.8) is 0 Å². The molecule has 5 heteroatoms. The Labute approximate surface area is 148 Å². The third-order valence-corrected chi connectivity index (χ3v) is 4.66. The van der Waals surface area contributed by atoms with Crippen LogP contribution in [-0.4, -0.2) is 12.5 Å². The maximum atomic E-state index is 12.7. The van der Waals surface area contributed by atoms with Gasteiger partial charge in [-0.2, -0.15) is 0 Å². The van der Waals surface area contributed by atoms with Crippen LogP contribution in [0.3, 0.4) is 0 Å². The molecule has 1 heterocycles. The van der Waals surface area contributed by atoms with E-state index in [-0.39, 0.29) is 5.91 Å². The summed E-state index contributed by atoms with van der Waals surface area (Å²) in [5, 5.41) is 3.80. The van der Waals surface area contributed by atoms with E-state index in [0.717, 1.165) is 26.7 Å². The molecular weight excluding hydrogens is 370 g/mol. The molecule has 0 aliphatic heterocycles. The topological polar surface area (TPSA) is 51.5 Å². The van der Waals surface area contributed by atoms with Gasteiger partial charge in [-0.1, -0.05) is 34.1 Å². The van der Waals surface area contributed by atoms with Crippen molar-refractivity contribution in [2.45, 2.75) is 20.5 Å². The van der Waals surface area contributed by atoms with Crippen LogP contribution in [0.25, 0.3) is 11.0 Å². The van der Waals surface area contributed by atoms with Crippen LogP contribution in [0, 0.1) is 6.92 Å². The third kappa shape index (κ3) is 3.37. The molecule has 1 N–H and O–H groups in total. The summed E-state index contributed by atoms with van der Waals surface area (Å²) in [5.41, 5.74) is 3.23. The van der Waals surface area contributed by atoms with Crippen LogP contribution in [0.1, 0.15) is 28.6 Å². The number of furan rings is 1. The van der Waals surface area contributed by atoms with E-state index in [4.69, 9.17) is 9.15 Å². The molecule has 3 rings (SSSR count). The molecule has 4 nitrogen and oxygen atoms in total. The Morgan fingerprint density at radius 2 is 2.04 bits per heavy atom. The van der Waals surface area contributed by atoms with E-state index in [2.05, 4.69) is 21.2 Å². The van der Waals surface area contributed by atoms with Crippen molar-refractivity contribution in [2.24, 2.45) is 0 Å². The zero-order valence-corrected chi connectivity index (χ0v) is 15.1. The number of ether oxygens (including phenoxy) is 1. The number of carbonyl (C=O) groups is 1. The van der Waals surface area contributed by atoms with Gasteiger partial charge in [0, 0.05) is 27.7 Å². The number of carbonyl (C=O) groups excluding carboxylic acids is 1. The van der Waals surface area contributed by atoms with Gasteiger partial charge >= 0.3 is 0 Å². The summed E-state index contributed by atoms with van der Waals surface area (Å²) in [5.74, 6) is 0.0212. The van der Waals surface area contributed by atoms with Gasteiger partial charge in [0.1, 0.15) is 5.58 Å². The molecule has 0 atom stereocenters. The van der Waals surface area contributed by atoms with E-state index in [1.165, 1.54) is 0 Å². The number of aryl methyl sites for hydroxylation is 1. The zero-order valence-electron chi connectivity index (χ0n) is 13.6. The van der Waals surface area contributed by atoms with Crippen molar-refractivity contribution >= 4 is 38.5 Å². The minimum atomic E-state index is -0.275. The van der Waals surface area contributed by atoms with Crippen molar-refractivity contribution in [3.8, 4) is 0 Å². The highest BCUT2D eigenvalue weighted by molar-refractivity contribution is 9.10. The molecule has 0 saturated carbocycles. The Hall–Kier alpha value is -2.11. The molecule has 3 aromatic rings. The van der Waals surface area contributed by atoms with Crippen LogP contribution in [0.4, 0.5) is 5.69 Å². The lowest BCUT2D eigenvalue weighted by Gasteiger charge is -2.07. The van der Waals surface area contributed by atoms with E-state index >= 15 is 0 Å². The van der Waals surface area contributed by atoms with Gasteiger partial charge < -0.3 is 14.5 Å². The van der Waals surface area contributed by atoms with Crippen molar-refractivity contribution in [3.05, 3.63) is 63.8 Å². The number of hydrogen-bond donors (Lipinski definition) is 1. The van der Waals surface area contributed by atoms with Crippen molar-refractivity contribution in [1.29, 1.82) is 0 Å². The van der Waals surface area contributed by atoms with Gasteiger partial charge in [-0.25, -0.2) is 0 Å². The summed E-state index contributed by atoms with van der Waals surface area (Å²) >= 11 is 3.46. The van der Waals surface area contributed by atoms with Crippen LogP contribution in [0.5, 0.6) is 0 Å². The Bertz CT molecular complexity index is 885. The molecule has 1 aromatic heterocycles. The minimum Gasteiger partial charge on any atom is -0.451 e. The lowest BCUT2D eigenvalue weighted by atomic mass is 10.1. The summed E-state index contributed by atoms with van der Waals surface area (Å²) in [6.07, 6.45) is 0. The van der Waals surface area contributed by atoms with Crippen LogP contribution in [-0.2, 0) is 11.3 Å². The van der Waals surface area contributed by atoms with Gasteiger partial charge in [0.2, 0.25) is 0 Å². The molecule has 0 saturated heterocycles. The first-order valence-corrected chi connectivity index (χ1v) is 8.55. The molecule has 0 spiro atoms. The van der Waals surface area contributed by atoms with Crippen molar-refractivity contribution < 1.29 is 13.9 Å². The van der Waals surface area contributed by atoms with Crippen molar-refractivity contribution in [2.75, 3.05) is 11.9 Å². The van der Waals surface area contributed by atoms with Gasteiger partial charge in [0.05, 0.1) is 6.61 Å². The van der Waals surface area contributed by atoms with Crippen LogP contribution in [0.2, 0.25) is 0 Å². The molecule has 0 fully saturated rings. The second kappa shape index (κ2) is 7.20. The molecule has 2 aromatic carbocycles. The minimum absolute atomic E-state index is 0.275. The van der Waals surface area contributed by atoms with Crippen LogP contribution >= 0.6 is 15.9 Å². The SMILES string of the molecule is CCOCc1c(C(=O)Nc2ccc(Br)c(C)c2)oc2ccccc12. The lowest BCUT2D eigenvalue weighted by Crippen LogP contribution is -2.13. The summed E-state index contributed by atoms with van der Waals surface area (Å²) in [6.45, 7) is 4.82. The van der Waals surface area contributed by atoms with Gasteiger partial charge in [-0.3, -0.25) is 4.79 Å². The molecule has 0 unspecified atom stereocenters. The Morgan fingerprint density at radius 1 is 1.25 bits per heavy atom. The third-order valence-electron chi connectivity index (χ3n) is 3.77. The number of fused-ring (bicyclic) bond motifs is 1. The van der Waals surface area contributed by atoms with Crippen molar-refractivity contribution in [1.82, 2.24) is 0 Å². The van der Waals surface area contributed by atoms with Crippen LogP contribution < -0.4 is 5.32 Å². The number of anilines is 1. The summed E-state index contributed by atoms with van der Waals surface area (Å²) in [7, 11) is 0. The van der Waals surface area contributed by atoms with E-state index in [1.807, 2.05) is 56.3 Å². The van der Waals surface area contributed by atoms with E-state index in [9.17, 15) is 4.79 Å². The second-order valence-corrected chi connectivity index (χ2v) is 6.32. The van der Waals surface area contributed by atoms with Gasteiger partial charge in [0.15, 0.2) is 5.76 Å². The molecule has 0 bridgehead atoms. The summed E-state index contributed by atoms with van der Waals surface area (Å²) in [4.78, 5) is 12.7. The van der Waals surface area contributed by atoms with E-state index in [1.54, 1.807) is 0 Å². The fraction of sp³-hybridized carbons (Fsp3) is 0.211. The average molecular weight is 388 g/mol. The first-order chi connectivity index (χ1) is 11.6. The quantitative estimate of drug-likeness (QED) is 0.646. The molecular formula is C19H18BrNO3. The van der Waals surface area contributed by atoms with Gasteiger partial charge in [-0.15, -0.1) is 0 Å². The highest BCUT2D eigenvalue weighted by Gasteiger charge is 2.20. The standard InChI is InChI=1S/C19H18BrNO3/c1-3-23-11-15-14-6-4-5-7-17(14)24-18(15)19(22)21-13-8-9-16(20)12(2)10-13/h4-10H,3,11H2,1-2H3,(H,21,22). The average Bonchev–Trinajstić information content (AvgIpc) is 2.95. The second-order valence-electron chi connectivity index (χ2n) is 5.46. The number of halogens is 1. The number of hydrogen-bond acceptors (Lipinski definition) is 3. The maximum absolute atomic E-state index is 12.7. The monoisotopic (exact) mass is 387 g/mol. The number of amides is 1. The zero-order chi connectivity index (χ0) is 17.1. The van der Waals surface area contributed by atoms with E-state index in [0.29, 0.717) is 24.6 Å². The Kier molecular flexibility index (Phi) is 5.02. The lowest BCUT2D eigenvalue weighted by molar-refractivity contribution is 0.0984. The number of benzene rings is 2. The Balaban J connectivity index is 1.94. The molecule has 0 radical (unpaired) electrons. The molecule has 0 aliphatic rings. The van der Waals surface area contributed by atoms with Gasteiger partial charge in [0.25, 0.3) is 5.91 Å². The highest BCUT2D eigenvalue weighted by Crippen LogP contribution is 2.28. The van der Waals surface area contributed by atoms with E-state index < -0.39 is 0 Å². The molecule has 124 valence electrons. The number of nitrogens with one attached hydrogen (secondary N) is 1. The Morgan fingerprint density at radius 3 is 2.79 bits per heavy atom. The van der Waals surface area contributed by atoms with Crippen LogP contribution in [0.15, 0.2) is 51.4 Å². The predicted octanol–water partition coefficient (Wildman–Crippen LogP) is 5.29. The normalized spacial score (nSPS) is 11.0. The number of para-hydroxylation sites is 1. The first-order valence-electron chi connectivity index (χ1n) is 7.75. The van der Waals surface area contributed by atoms with Gasteiger partial charge in [-0.05, 0) is 43.7 Å². The maximum Gasteiger partial charge on any atom is 0.291 e. The molecule has 24 heavy (non-hydrogen) atoms. The summed E-state index contributed by atoms with van der Waals surface area (Å²) < 4.78 is 12.3. The fourth-order valence-electron chi connectivity index (χ4n) is 2.54. The number of rotatable bonds is 5.